The number of piperidine rings is 1. The molecule has 1 aromatic carbocycles. The van der Waals surface area contributed by atoms with E-state index in [-0.39, 0.29) is 84.2 Å². The molecule has 0 bridgehead atoms. The van der Waals surface area contributed by atoms with Gasteiger partial charge in [-0.25, -0.2) is 0 Å². The van der Waals surface area contributed by atoms with Crippen LogP contribution in [0.25, 0.3) is 0 Å². The maximum absolute atomic E-state index is 14.4. The summed E-state index contributed by atoms with van der Waals surface area (Å²) in [5, 5.41) is 6.55. The first kappa shape index (κ1) is 51.2. The molecule has 340 valence electrons. The number of likely N-dealkylation sites (tertiary alicyclic amines) is 1. The highest BCUT2D eigenvalue weighted by Gasteiger charge is 2.43. The smallest absolute Gasteiger partial charge is 0.226 e. The molecule has 0 aromatic heterocycles. The number of hydrogen-bond donors (Lipinski definition) is 2. The van der Waals surface area contributed by atoms with E-state index in [1.807, 2.05) is 56.0 Å². The number of carbonyl (C=O) groups excluding carboxylic acids is 5. The predicted octanol–water partition coefficient (Wildman–Crippen LogP) is 7.00. The van der Waals surface area contributed by atoms with Gasteiger partial charge in [0.05, 0.1) is 30.7 Å². The van der Waals surface area contributed by atoms with Crippen molar-refractivity contribution < 1.29 is 33.4 Å². The topological polar surface area (TPSA) is 134 Å². The third kappa shape index (κ3) is 14.2. The van der Waals surface area contributed by atoms with Gasteiger partial charge in [-0.2, -0.15) is 0 Å². The second kappa shape index (κ2) is 25.1. The SMILES string of the molecule is CC[C@H](C)[C@@H]([C@@H](CC(=O)N1CCC[C@H]1[C@H](OC)[C@@H](C)C(=O)C[C@@H](Cc1ccccc1)C(=O)NCC1CCNCC1)OC)N(C)C(=O)[C@@H](CC(=O)C(C(C)C)C(C)C)C(C)C. The summed E-state index contributed by atoms with van der Waals surface area (Å²) in [5.41, 5.74) is 1.01. The molecule has 2 fully saturated rings. The number of ether oxygens (including phenoxy) is 2. The number of methoxy groups -OCH3 is 2. The van der Waals surface area contributed by atoms with E-state index >= 15 is 0 Å². The zero-order valence-electron chi connectivity index (χ0n) is 39.3. The summed E-state index contributed by atoms with van der Waals surface area (Å²) in [5.74, 6) is -1.17. The van der Waals surface area contributed by atoms with Gasteiger partial charge in [-0.3, -0.25) is 24.0 Å². The monoisotopic (exact) mass is 839 g/mol. The van der Waals surface area contributed by atoms with Crippen LogP contribution in [0.15, 0.2) is 30.3 Å². The zero-order valence-corrected chi connectivity index (χ0v) is 39.3. The second-order valence-electron chi connectivity index (χ2n) is 19.1. The molecular weight excluding hydrogens is 757 g/mol. The average Bonchev–Trinajstić information content (AvgIpc) is 3.71. The van der Waals surface area contributed by atoms with E-state index in [2.05, 4.69) is 52.2 Å². The molecule has 0 aliphatic carbocycles. The molecule has 3 amide bonds. The lowest BCUT2D eigenvalue weighted by atomic mass is 9.77. The maximum atomic E-state index is 14.4. The lowest BCUT2D eigenvalue weighted by molar-refractivity contribution is -0.149. The normalized spacial score (nSPS) is 19.9. The van der Waals surface area contributed by atoms with E-state index in [4.69, 9.17) is 9.47 Å². The van der Waals surface area contributed by atoms with Crippen molar-refractivity contribution in [2.45, 2.75) is 144 Å². The summed E-state index contributed by atoms with van der Waals surface area (Å²) >= 11 is 0. The second-order valence-corrected chi connectivity index (χ2v) is 19.1. The Kier molecular flexibility index (Phi) is 21.4. The Bertz CT molecular complexity index is 1490. The zero-order chi connectivity index (χ0) is 44.7. The van der Waals surface area contributed by atoms with Crippen LogP contribution in [0, 0.1) is 53.3 Å². The Labute approximate surface area is 363 Å². The van der Waals surface area contributed by atoms with E-state index in [0.717, 1.165) is 44.3 Å². The van der Waals surface area contributed by atoms with Crippen LogP contribution in [0.2, 0.25) is 0 Å². The summed E-state index contributed by atoms with van der Waals surface area (Å²) in [7, 11) is 4.99. The first-order valence-electron chi connectivity index (χ1n) is 23.2. The number of carbonyl (C=O) groups is 5. The van der Waals surface area contributed by atoms with Crippen LogP contribution in [-0.4, -0.2) is 111 Å². The number of likely N-dealkylation sites (N-methyl/N-ethyl adjacent to an activating group) is 1. The molecule has 8 atom stereocenters. The Hall–Kier alpha value is -3.15. The van der Waals surface area contributed by atoms with Crippen LogP contribution >= 0.6 is 0 Å². The number of nitrogens with one attached hydrogen (secondary N) is 2. The lowest BCUT2D eigenvalue weighted by Crippen LogP contribution is -2.54. The molecule has 0 saturated carbocycles. The lowest BCUT2D eigenvalue weighted by Gasteiger charge is -2.41. The number of hydrogen-bond acceptors (Lipinski definition) is 8. The Morgan fingerprint density at radius 3 is 2.02 bits per heavy atom. The molecular formula is C49H82N4O7. The molecule has 2 aliphatic rings. The molecule has 0 radical (unpaired) electrons. The van der Waals surface area contributed by atoms with Gasteiger partial charge in [0, 0.05) is 70.9 Å². The Morgan fingerprint density at radius 1 is 0.833 bits per heavy atom. The average molecular weight is 839 g/mol. The number of amides is 3. The van der Waals surface area contributed by atoms with Crippen molar-refractivity contribution in [3.05, 3.63) is 35.9 Å². The van der Waals surface area contributed by atoms with Gasteiger partial charge in [0.2, 0.25) is 17.7 Å². The van der Waals surface area contributed by atoms with Gasteiger partial charge < -0.3 is 29.9 Å². The highest BCUT2D eigenvalue weighted by molar-refractivity contribution is 5.89. The quantitative estimate of drug-likeness (QED) is 0.108. The standard InChI is InChI=1S/C49H82N4O7/c1-13-34(8)46(52(10)49(58)39(31(2)3)28-42(55)45(32(4)5)33(6)7)43(59-11)29-44(56)53-25-17-20-40(53)47(60-12)35(9)41(54)27-38(26-36-18-15-14-16-19-36)48(57)51-30-37-21-23-50-24-22-37/h14-16,18-19,31-35,37-40,43,45-47,50H,13,17,20-30H2,1-12H3,(H,51,57)/t34-,35-,38+,39-,40-,43+,46-,47+/m0/s1. The van der Waals surface area contributed by atoms with Gasteiger partial charge in [0.15, 0.2) is 0 Å². The van der Waals surface area contributed by atoms with Crippen LogP contribution in [0.5, 0.6) is 0 Å². The van der Waals surface area contributed by atoms with Gasteiger partial charge in [0.1, 0.15) is 11.6 Å². The van der Waals surface area contributed by atoms with E-state index in [1.165, 1.54) is 0 Å². The van der Waals surface area contributed by atoms with Gasteiger partial charge in [-0.1, -0.05) is 99.1 Å². The third-order valence-electron chi connectivity index (χ3n) is 13.9. The molecule has 0 spiro atoms. The highest BCUT2D eigenvalue weighted by atomic mass is 16.5. The van der Waals surface area contributed by atoms with E-state index < -0.39 is 36.0 Å². The molecule has 60 heavy (non-hydrogen) atoms. The Balaban J connectivity index is 1.78. The fourth-order valence-corrected chi connectivity index (χ4v) is 10.1. The minimum Gasteiger partial charge on any atom is -0.379 e. The first-order valence-corrected chi connectivity index (χ1v) is 23.2. The van der Waals surface area contributed by atoms with Crippen LogP contribution in [0.4, 0.5) is 0 Å². The third-order valence-corrected chi connectivity index (χ3v) is 13.9. The molecule has 3 rings (SSSR count). The van der Waals surface area contributed by atoms with E-state index in [9.17, 15) is 24.0 Å². The van der Waals surface area contributed by atoms with Crippen molar-refractivity contribution in [2.24, 2.45) is 53.3 Å². The highest BCUT2D eigenvalue weighted by Crippen LogP contribution is 2.33. The molecule has 1 aromatic rings. The summed E-state index contributed by atoms with van der Waals surface area (Å²) in [4.78, 5) is 73.9. The number of rotatable bonds is 25. The van der Waals surface area contributed by atoms with Crippen LogP contribution in [0.1, 0.15) is 119 Å². The summed E-state index contributed by atoms with van der Waals surface area (Å²) in [6.07, 6.45) is 3.90. The van der Waals surface area contributed by atoms with Crippen molar-refractivity contribution in [1.29, 1.82) is 0 Å². The first-order chi connectivity index (χ1) is 28.5. The van der Waals surface area contributed by atoms with Gasteiger partial charge in [-0.05, 0) is 80.3 Å². The summed E-state index contributed by atoms with van der Waals surface area (Å²) in [6, 6.07) is 9.11. The van der Waals surface area contributed by atoms with Crippen molar-refractivity contribution in [3.63, 3.8) is 0 Å². The number of nitrogens with zero attached hydrogens (tertiary/aromatic N) is 2. The van der Waals surface area contributed by atoms with Crippen LogP contribution in [0.3, 0.4) is 0 Å². The van der Waals surface area contributed by atoms with Crippen molar-refractivity contribution >= 4 is 29.3 Å². The molecule has 2 N–H and O–H groups in total. The molecule has 2 saturated heterocycles. The minimum atomic E-state index is -0.590. The Morgan fingerprint density at radius 2 is 1.47 bits per heavy atom. The van der Waals surface area contributed by atoms with Crippen LogP contribution < -0.4 is 10.6 Å². The number of Topliss-reactive ketones (excluding diaryl/α,β-unsaturated/α-hetero) is 2. The minimum absolute atomic E-state index is 0.0127. The fourth-order valence-electron chi connectivity index (χ4n) is 10.1. The number of ketones is 2. The van der Waals surface area contributed by atoms with E-state index in [1.54, 1.807) is 26.2 Å². The van der Waals surface area contributed by atoms with Crippen molar-refractivity contribution in [2.75, 3.05) is 47.4 Å². The fraction of sp³-hybridized carbons (Fsp3) is 0.776. The number of benzene rings is 1. The van der Waals surface area contributed by atoms with Crippen molar-refractivity contribution in [3.8, 4) is 0 Å². The van der Waals surface area contributed by atoms with Gasteiger partial charge >= 0.3 is 0 Å². The molecule has 11 nitrogen and oxygen atoms in total. The van der Waals surface area contributed by atoms with Crippen molar-refractivity contribution in [1.82, 2.24) is 20.4 Å². The molecule has 2 aliphatic heterocycles. The van der Waals surface area contributed by atoms with Gasteiger partial charge in [0.25, 0.3) is 0 Å². The van der Waals surface area contributed by atoms with Crippen LogP contribution in [-0.2, 0) is 39.9 Å². The summed E-state index contributed by atoms with van der Waals surface area (Å²) < 4.78 is 12.2. The summed E-state index contributed by atoms with van der Waals surface area (Å²) in [6.45, 7) is 21.3. The molecule has 2 heterocycles. The molecule has 11 heteroatoms. The predicted molar refractivity (Wildman–Crippen MR) is 239 cm³/mol. The maximum Gasteiger partial charge on any atom is 0.226 e. The van der Waals surface area contributed by atoms with Gasteiger partial charge in [-0.15, -0.1) is 0 Å². The van der Waals surface area contributed by atoms with E-state index in [0.29, 0.717) is 31.8 Å². The molecule has 0 unspecified atom stereocenters. The largest absolute Gasteiger partial charge is 0.379 e.